The van der Waals surface area contributed by atoms with Crippen LogP contribution in [0.2, 0.25) is 0 Å². The number of hydrogen-bond acceptors (Lipinski definition) is 3. The number of halogens is 1. The molecule has 0 amide bonds. The lowest BCUT2D eigenvalue weighted by molar-refractivity contribution is -0.390. The second-order valence-electron chi connectivity index (χ2n) is 2.06. The van der Waals surface area contributed by atoms with E-state index in [4.69, 9.17) is 0 Å². The fourth-order valence-corrected chi connectivity index (χ4v) is 1.33. The van der Waals surface area contributed by atoms with Crippen LogP contribution in [0.1, 0.15) is 5.56 Å². The van der Waals surface area contributed by atoms with E-state index in [0.717, 1.165) is 0 Å². The van der Waals surface area contributed by atoms with Crippen LogP contribution in [0.15, 0.2) is 17.1 Å². The smallest absolute Gasteiger partial charge is 0.328 e. The van der Waals surface area contributed by atoms with Gasteiger partial charge in [0.25, 0.3) is 0 Å². The van der Waals surface area contributed by atoms with Gasteiger partial charge in [0.2, 0.25) is 0 Å². The van der Waals surface area contributed by atoms with Crippen LogP contribution in [0.5, 0.6) is 0 Å². The highest BCUT2D eigenvalue weighted by atomic mass is 79.9. The number of rotatable bonds is 2. The van der Waals surface area contributed by atoms with Gasteiger partial charge in [0.15, 0.2) is 5.43 Å². The lowest BCUT2D eigenvalue weighted by atomic mass is 10.3. The van der Waals surface area contributed by atoms with Crippen molar-refractivity contribution in [3.05, 3.63) is 38.2 Å². The first-order valence-electron chi connectivity index (χ1n) is 3.07. The molecule has 0 saturated carbocycles. The molecule has 0 radical (unpaired) electrons. The molecule has 0 saturated heterocycles. The van der Waals surface area contributed by atoms with Crippen LogP contribution < -0.4 is 5.43 Å². The summed E-state index contributed by atoms with van der Waals surface area (Å²) in [6.45, 7) is 0. The number of hydrogen-bond donors (Lipinski definition) is 1. The highest BCUT2D eigenvalue weighted by Crippen LogP contribution is 2.12. The van der Waals surface area contributed by atoms with Gasteiger partial charge in [-0.1, -0.05) is 15.9 Å². The molecule has 1 aromatic rings. The van der Waals surface area contributed by atoms with Crippen molar-refractivity contribution in [3.63, 3.8) is 0 Å². The van der Waals surface area contributed by atoms with E-state index in [1.807, 2.05) is 0 Å². The zero-order chi connectivity index (χ0) is 9.14. The predicted molar refractivity (Wildman–Crippen MR) is 46.3 cm³/mol. The number of H-pyrrole nitrogens is 1. The van der Waals surface area contributed by atoms with Crippen LogP contribution in [-0.2, 0) is 5.33 Å². The largest absolute Gasteiger partial charge is 0.358 e. The quantitative estimate of drug-likeness (QED) is 0.473. The third-order valence-corrected chi connectivity index (χ3v) is 1.91. The number of aromatic nitrogens is 1. The number of aromatic amines is 1. The van der Waals surface area contributed by atoms with Crippen LogP contribution in [0.25, 0.3) is 0 Å². The molecule has 0 atom stereocenters. The van der Waals surface area contributed by atoms with Crippen molar-refractivity contribution in [3.8, 4) is 0 Å². The zero-order valence-electron chi connectivity index (χ0n) is 5.91. The van der Waals surface area contributed by atoms with Crippen LogP contribution in [0.4, 0.5) is 5.82 Å². The fraction of sp³-hybridized carbons (Fsp3) is 0.167. The predicted octanol–water partition coefficient (Wildman–Crippen LogP) is 1.18. The maximum Gasteiger partial charge on any atom is 0.328 e. The Labute approximate surface area is 75.7 Å². The van der Waals surface area contributed by atoms with E-state index in [-0.39, 0.29) is 22.1 Å². The van der Waals surface area contributed by atoms with E-state index in [9.17, 15) is 14.9 Å². The molecule has 64 valence electrons. The van der Waals surface area contributed by atoms with Crippen LogP contribution in [0.3, 0.4) is 0 Å². The summed E-state index contributed by atoms with van der Waals surface area (Å²) in [6, 6.07) is 1.25. The highest BCUT2D eigenvalue weighted by Gasteiger charge is 2.13. The number of nitrogens with one attached hydrogen (secondary N) is 1. The molecular formula is C6H5BrN2O3. The molecule has 0 bridgehead atoms. The molecule has 0 aliphatic rings. The highest BCUT2D eigenvalue weighted by molar-refractivity contribution is 9.08. The Bertz CT molecular complexity index is 360. The molecule has 0 unspecified atom stereocenters. The maximum atomic E-state index is 11.0. The van der Waals surface area contributed by atoms with Crippen LogP contribution in [-0.4, -0.2) is 9.91 Å². The van der Waals surface area contributed by atoms with E-state index in [1.165, 1.54) is 12.3 Å². The van der Waals surface area contributed by atoms with Crippen molar-refractivity contribution >= 4 is 21.7 Å². The summed E-state index contributed by atoms with van der Waals surface area (Å²) in [4.78, 5) is 23.2. The first-order chi connectivity index (χ1) is 5.66. The van der Waals surface area contributed by atoms with E-state index in [1.54, 1.807) is 0 Å². The van der Waals surface area contributed by atoms with Gasteiger partial charge in [-0.25, -0.2) is 4.98 Å². The molecule has 0 aromatic carbocycles. The third-order valence-electron chi connectivity index (χ3n) is 1.35. The summed E-state index contributed by atoms with van der Waals surface area (Å²) < 4.78 is 0. The molecule has 0 fully saturated rings. The Kier molecular flexibility index (Phi) is 2.59. The Morgan fingerprint density at radius 1 is 1.67 bits per heavy atom. The number of alkyl halides is 1. The second kappa shape index (κ2) is 3.48. The Morgan fingerprint density at radius 3 is 2.75 bits per heavy atom. The van der Waals surface area contributed by atoms with Crippen molar-refractivity contribution in [2.75, 3.05) is 0 Å². The SMILES string of the molecule is O=c1cc[nH]c([N+](=O)[O-])c1CBr. The Morgan fingerprint density at radius 2 is 2.33 bits per heavy atom. The molecule has 5 nitrogen and oxygen atoms in total. The minimum absolute atomic E-state index is 0.141. The summed E-state index contributed by atoms with van der Waals surface area (Å²) >= 11 is 3.00. The minimum Gasteiger partial charge on any atom is -0.358 e. The van der Waals surface area contributed by atoms with Crippen LogP contribution in [0, 0.1) is 10.1 Å². The van der Waals surface area contributed by atoms with Crippen LogP contribution >= 0.6 is 15.9 Å². The van der Waals surface area contributed by atoms with Gasteiger partial charge in [-0.2, -0.15) is 0 Å². The topological polar surface area (TPSA) is 76.0 Å². The van der Waals surface area contributed by atoms with Gasteiger partial charge in [0, 0.05) is 11.4 Å². The summed E-state index contributed by atoms with van der Waals surface area (Å²) in [5.41, 5.74) is -0.195. The standard InChI is InChI=1S/C6H5BrN2O3/c7-3-4-5(10)1-2-8-6(4)9(11)12/h1-2H,3H2,(H,8,10). The average molecular weight is 233 g/mol. The Balaban J connectivity index is 3.38. The Hall–Kier alpha value is -1.17. The van der Waals surface area contributed by atoms with E-state index < -0.39 is 4.92 Å². The molecule has 1 aromatic heterocycles. The monoisotopic (exact) mass is 232 g/mol. The molecule has 0 aliphatic carbocycles. The van der Waals surface area contributed by atoms with E-state index in [2.05, 4.69) is 20.9 Å². The van der Waals surface area contributed by atoms with Gasteiger partial charge in [0.05, 0.1) is 6.20 Å². The molecule has 12 heavy (non-hydrogen) atoms. The normalized spacial score (nSPS) is 9.75. The number of nitrogens with zero attached hydrogens (tertiary/aromatic N) is 1. The van der Waals surface area contributed by atoms with Gasteiger partial charge < -0.3 is 10.1 Å². The van der Waals surface area contributed by atoms with Gasteiger partial charge in [-0.15, -0.1) is 0 Å². The minimum atomic E-state index is -0.613. The maximum absolute atomic E-state index is 11.0. The molecule has 0 aliphatic heterocycles. The van der Waals surface area contributed by atoms with Crippen molar-refractivity contribution < 1.29 is 4.92 Å². The van der Waals surface area contributed by atoms with E-state index >= 15 is 0 Å². The number of pyridine rings is 1. The second-order valence-corrected chi connectivity index (χ2v) is 2.62. The third kappa shape index (κ3) is 1.53. The molecule has 0 spiro atoms. The van der Waals surface area contributed by atoms with Gasteiger partial charge in [-0.3, -0.25) is 4.79 Å². The molecule has 1 rings (SSSR count). The summed E-state index contributed by atoms with van der Waals surface area (Å²) in [5.74, 6) is -0.251. The van der Waals surface area contributed by atoms with E-state index in [0.29, 0.717) is 0 Å². The van der Waals surface area contributed by atoms with Crippen molar-refractivity contribution in [2.24, 2.45) is 0 Å². The lowest BCUT2D eigenvalue weighted by Gasteiger charge is -1.97. The van der Waals surface area contributed by atoms with Gasteiger partial charge >= 0.3 is 5.82 Å². The van der Waals surface area contributed by atoms with Gasteiger partial charge in [-0.05, 0) is 4.92 Å². The molecule has 1 heterocycles. The lowest BCUT2D eigenvalue weighted by Crippen LogP contribution is -2.10. The molecule has 1 N–H and O–H groups in total. The average Bonchev–Trinajstić information content (AvgIpc) is 2.03. The van der Waals surface area contributed by atoms with Crippen molar-refractivity contribution in [1.29, 1.82) is 0 Å². The molecule has 6 heteroatoms. The van der Waals surface area contributed by atoms with Crippen molar-refractivity contribution in [1.82, 2.24) is 4.98 Å². The first-order valence-corrected chi connectivity index (χ1v) is 4.20. The summed E-state index contributed by atoms with van der Waals surface area (Å²) in [6.07, 6.45) is 1.26. The number of nitro groups is 1. The summed E-state index contributed by atoms with van der Waals surface area (Å²) in [7, 11) is 0. The van der Waals surface area contributed by atoms with Gasteiger partial charge in [0.1, 0.15) is 5.56 Å². The summed E-state index contributed by atoms with van der Waals surface area (Å²) in [5, 5.41) is 10.5. The first kappa shape index (κ1) is 8.92. The fourth-order valence-electron chi connectivity index (χ4n) is 0.793. The molecular weight excluding hydrogens is 228 g/mol. The zero-order valence-corrected chi connectivity index (χ0v) is 7.50. The van der Waals surface area contributed by atoms with Crippen molar-refractivity contribution in [2.45, 2.75) is 5.33 Å².